The number of hydrogen-bond acceptors (Lipinski definition) is 8. The largest absolute Gasteiger partial charge is 0.507 e. The van der Waals surface area contributed by atoms with Gasteiger partial charge in [-0.25, -0.2) is 0 Å². The molecule has 2 aliphatic heterocycles. The van der Waals surface area contributed by atoms with Gasteiger partial charge in [0.2, 0.25) is 0 Å². The number of fused-ring (bicyclic) bond motifs is 1. The first-order chi connectivity index (χ1) is 19.9. The number of ketones is 1. The number of Topliss-reactive ketones (excluding diaryl/α,β-unsaturated/α-hetero) is 1. The molecule has 1 amide bonds. The van der Waals surface area contributed by atoms with Crippen molar-refractivity contribution >= 4 is 17.4 Å². The number of hydrogen-bond donors (Lipinski definition) is 1. The number of benzene rings is 2. The fourth-order valence-electron chi connectivity index (χ4n) is 5.32. The molecule has 0 aliphatic carbocycles. The second kappa shape index (κ2) is 14.3. The van der Waals surface area contributed by atoms with Gasteiger partial charge in [-0.05, 0) is 68.4 Å². The maximum atomic E-state index is 13.5. The molecule has 1 saturated heterocycles. The van der Waals surface area contributed by atoms with E-state index in [-0.39, 0.29) is 11.3 Å². The Balaban J connectivity index is 1.73. The molecule has 0 aromatic heterocycles. The summed E-state index contributed by atoms with van der Waals surface area (Å²) >= 11 is 0. The summed E-state index contributed by atoms with van der Waals surface area (Å²) in [7, 11) is 1.56. The molecule has 0 saturated carbocycles. The SMILES string of the molecule is CCCCCOc1ccc([C@H]2C(=C(O)c3ccc4c(c3)OCCO4)C(=O)C(=O)N2CCCN(CC)CC)cc1OC. The number of carbonyl (C=O) groups excluding carboxylic acids is 2. The van der Waals surface area contributed by atoms with Crippen molar-refractivity contribution in [1.82, 2.24) is 9.80 Å². The smallest absolute Gasteiger partial charge is 0.295 e. The molecule has 0 spiro atoms. The van der Waals surface area contributed by atoms with Crippen LogP contribution in [0.1, 0.15) is 63.6 Å². The number of aliphatic hydroxyl groups excluding tert-OH is 1. The third-order valence-electron chi connectivity index (χ3n) is 7.63. The predicted molar refractivity (Wildman–Crippen MR) is 157 cm³/mol. The Bertz CT molecular complexity index is 1250. The van der Waals surface area contributed by atoms with E-state index in [9.17, 15) is 14.7 Å². The number of aliphatic hydroxyl groups is 1. The molecule has 0 radical (unpaired) electrons. The highest BCUT2D eigenvalue weighted by Gasteiger charge is 2.46. The summed E-state index contributed by atoms with van der Waals surface area (Å²) in [6.45, 7) is 10.7. The average Bonchev–Trinajstić information content (AvgIpc) is 3.25. The minimum atomic E-state index is -0.789. The summed E-state index contributed by atoms with van der Waals surface area (Å²) in [4.78, 5) is 30.8. The molecule has 0 unspecified atom stereocenters. The highest BCUT2D eigenvalue weighted by Crippen LogP contribution is 2.43. The molecule has 222 valence electrons. The van der Waals surface area contributed by atoms with Crippen LogP contribution in [0, 0.1) is 0 Å². The molecular formula is C32H42N2O7. The van der Waals surface area contributed by atoms with Gasteiger partial charge in [0.15, 0.2) is 23.0 Å². The van der Waals surface area contributed by atoms with Crippen LogP contribution < -0.4 is 18.9 Å². The molecule has 1 N–H and O–H groups in total. The fraction of sp³-hybridized carbons (Fsp3) is 0.500. The van der Waals surface area contributed by atoms with Gasteiger partial charge in [-0.1, -0.05) is 39.7 Å². The van der Waals surface area contributed by atoms with Gasteiger partial charge in [0, 0.05) is 12.1 Å². The van der Waals surface area contributed by atoms with Crippen LogP contribution in [-0.4, -0.2) is 79.7 Å². The second-order valence-electron chi connectivity index (χ2n) is 10.2. The van der Waals surface area contributed by atoms with Crippen molar-refractivity contribution < 1.29 is 33.6 Å². The molecule has 9 heteroatoms. The lowest BCUT2D eigenvalue weighted by Gasteiger charge is -2.27. The number of rotatable bonds is 14. The van der Waals surface area contributed by atoms with E-state index in [1.54, 1.807) is 42.3 Å². The number of carbonyl (C=O) groups is 2. The van der Waals surface area contributed by atoms with Crippen molar-refractivity contribution in [2.45, 2.75) is 52.5 Å². The quantitative estimate of drug-likeness (QED) is 0.144. The van der Waals surface area contributed by atoms with E-state index in [2.05, 4.69) is 25.7 Å². The maximum Gasteiger partial charge on any atom is 0.295 e. The fourth-order valence-corrected chi connectivity index (χ4v) is 5.32. The molecule has 2 heterocycles. The first kappa shape index (κ1) is 30.2. The Hall–Kier alpha value is -3.72. The van der Waals surface area contributed by atoms with Crippen LogP contribution in [0.4, 0.5) is 0 Å². The van der Waals surface area contributed by atoms with Crippen LogP contribution in [0.5, 0.6) is 23.0 Å². The molecule has 0 bridgehead atoms. The van der Waals surface area contributed by atoms with E-state index >= 15 is 0 Å². The van der Waals surface area contributed by atoms with Gasteiger partial charge in [0.05, 0.1) is 25.3 Å². The molecule has 2 aliphatic rings. The van der Waals surface area contributed by atoms with Gasteiger partial charge in [-0.15, -0.1) is 0 Å². The Morgan fingerprint density at radius 2 is 1.73 bits per heavy atom. The van der Waals surface area contributed by atoms with E-state index in [1.165, 1.54) is 0 Å². The Kier molecular flexibility index (Phi) is 10.5. The van der Waals surface area contributed by atoms with Gasteiger partial charge in [0.1, 0.15) is 19.0 Å². The lowest BCUT2D eigenvalue weighted by molar-refractivity contribution is -0.140. The van der Waals surface area contributed by atoms with Gasteiger partial charge in [-0.3, -0.25) is 9.59 Å². The van der Waals surface area contributed by atoms with Gasteiger partial charge < -0.3 is 33.9 Å². The molecule has 2 aromatic rings. The number of unbranched alkanes of at least 4 members (excludes halogenated alkanes) is 2. The lowest BCUT2D eigenvalue weighted by atomic mass is 9.94. The predicted octanol–water partition coefficient (Wildman–Crippen LogP) is 5.19. The molecule has 4 rings (SSSR count). The summed E-state index contributed by atoms with van der Waals surface area (Å²) in [5.41, 5.74) is 1.07. The average molecular weight is 567 g/mol. The molecule has 2 aromatic carbocycles. The van der Waals surface area contributed by atoms with Crippen LogP contribution in [0.15, 0.2) is 42.0 Å². The van der Waals surface area contributed by atoms with Crippen LogP contribution >= 0.6 is 0 Å². The molecule has 41 heavy (non-hydrogen) atoms. The van der Waals surface area contributed by atoms with Crippen LogP contribution in [0.3, 0.4) is 0 Å². The highest BCUT2D eigenvalue weighted by molar-refractivity contribution is 6.46. The van der Waals surface area contributed by atoms with E-state index in [0.717, 1.165) is 38.9 Å². The number of methoxy groups -OCH3 is 1. The van der Waals surface area contributed by atoms with Crippen molar-refractivity contribution in [2.24, 2.45) is 0 Å². The zero-order valence-corrected chi connectivity index (χ0v) is 24.6. The standard InChI is InChI=1S/C32H42N2O7/c1-5-8-9-17-39-24-13-11-22(20-26(24)38-4)29-28(30(35)23-12-14-25-27(21-23)41-19-18-40-25)31(36)32(37)34(29)16-10-15-33(6-2)7-3/h11-14,20-21,29,35H,5-10,15-19H2,1-4H3/t29-/m0/s1. The summed E-state index contributed by atoms with van der Waals surface area (Å²) in [5, 5.41) is 11.5. The third-order valence-corrected chi connectivity index (χ3v) is 7.63. The minimum absolute atomic E-state index is 0.0354. The van der Waals surface area contributed by atoms with E-state index < -0.39 is 17.7 Å². The molecule has 1 fully saturated rings. The van der Waals surface area contributed by atoms with E-state index in [1.807, 2.05) is 6.07 Å². The van der Waals surface area contributed by atoms with Gasteiger partial charge in [0.25, 0.3) is 11.7 Å². The maximum absolute atomic E-state index is 13.5. The first-order valence-corrected chi connectivity index (χ1v) is 14.6. The summed E-state index contributed by atoms with van der Waals surface area (Å²) in [6, 6.07) is 9.66. The Labute approximate surface area is 242 Å². The highest BCUT2D eigenvalue weighted by atomic mass is 16.6. The van der Waals surface area contributed by atoms with Gasteiger partial charge >= 0.3 is 0 Å². The molecule has 1 atom stereocenters. The zero-order valence-electron chi connectivity index (χ0n) is 24.6. The van der Waals surface area contributed by atoms with Gasteiger partial charge in [-0.2, -0.15) is 0 Å². The van der Waals surface area contributed by atoms with E-state index in [4.69, 9.17) is 18.9 Å². The van der Waals surface area contributed by atoms with Crippen molar-refractivity contribution in [1.29, 1.82) is 0 Å². The second-order valence-corrected chi connectivity index (χ2v) is 10.2. The number of nitrogens with zero attached hydrogens (tertiary/aromatic N) is 2. The Morgan fingerprint density at radius 1 is 0.976 bits per heavy atom. The molecule has 9 nitrogen and oxygen atoms in total. The normalized spacial score (nSPS) is 17.8. The Morgan fingerprint density at radius 3 is 2.44 bits per heavy atom. The summed E-state index contributed by atoms with van der Waals surface area (Å²) < 4.78 is 22.9. The third kappa shape index (κ3) is 6.78. The number of ether oxygens (including phenoxy) is 4. The monoisotopic (exact) mass is 566 g/mol. The van der Waals surface area contributed by atoms with Crippen molar-refractivity contribution in [3.05, 3.63) is 53.1 Å². The lowest BCUT2D eigenvalue weighted by Crippen LogP contribution is -2.33. The van der Waals surface area contributed by atoms with Crippen molar-refractivity contribution in [3.8, 4) is 23.0 Å². The van der Waals surface area contributed by atoms with Crippen LogP contribution in [0.2, 0.25) is 0 Å². The summed E-state index contributed by atoms with van der Waals surface area (Å²) in [6.07, 6.45) is 3.78. The van der Waals surface area contributed by atoms with Crippen LogP contribution in [-0.2, 0) is 9.59 Å². The van der Waals surface area contributed by atoms with Crippen molar-refractivity contribution in [2.75, 3.05) is 53.1 Å². The molecular weight excluding hydrogens is 524 g/mol. The van der Waals surface area contributed by atoms with Crippen LogP contribution in [0.25, 0.3) is 5.76 Å². The first-order valence-electron chi connectivity index (χ1n) is 14.6. The number of amides is 1. The number of likely N-dealkylation sites (tertiary alicyclic amines) is 1. The van der Waals surface area contributed by atoms with E-state index in [0.29, 0.717) is 66.9 Å². The summed E-state index contributed by atoms with van der Waals surface area (Å²) in [5.74, 6) is 0.550. The topological polar surface area (TPSA) is 97.8 Å². The zero-order chi connectivity index (χ0) is 29.4. The van der Waals surface area contributed by atoms with Crippen molar-refractivity contribution in [3.63, 3.8) is 0 Å². The minimum Gasteiger partial charge on any atom is -0.507 e.